The Hall–Kier alpha value is -4.02. The fourth-order valence-electron chi connectivity index (χ4n) is 7.20. The quantitative estimate of drug-likeness (QED) is 0.128. The van der Waals surface area contributed by atoms with Crippen LogP contribution in [0.25, 0.3) is 0 Å². The van der Waals surface area contributed by atoms with Gasteiger partial charge in [-0.15, -0.1) is 0 Å². The minimum absolute atomic E-state index is 0.0209. The molecule has 3 heterocycles. The molecule has 21 nitrogen and oxygen atoms in total. The molecule has 0 aromatic carbocycles. The molecule has 1 saturated carbocycles. The molecule has 21 heteroatoms. The number of esters is 3. The van der Waals surface area contributed by atoms with E-state index in [1.54, 1.807) is 0 Å². The number of amides is 6. The first-order chi connectivity index (χ1) is 26.0. The molecule has 3 saturated heterocycles. The normalized spacial score (nSPS) is 23.7. The SMILES string of the molecule is COCN1CC(OC(=O)C2CC(C(=O)OC3CN(COC)C(=O)N(COC)C3)CC(C(=O)OC3CN(COC)C(=O)N(COC)C3)C2)CN(COC)C1=O. The second-order valence-electron chi connectivity index (χ2n) is 13.7. The molecule has 0 aromatic rings. The van der Waals surface area contributed by atoms with Gasteiger partial charge in [0.05, 0.1) is 57.0 Å². The molecular weight excluding hydrogens is 720 g/mol. The van der Waals surface area contributed by atoms with Crippen LogP contribution in [0.2, 0.25) is 0 Å². The maximum absolute atomic E-state index is 13.9. The van der Waals surface area contributed by atoms with Crippen LogP contribution in [0.15, 0.2) is 0 Å². The number of ether oxygens (including phenoxy) is 9. The maximum atomic E-state index is 13.9. The van der Waals surface area contributed by atoms with E-state index in [-0.39, 0.29) is 117 Å². The first-order valence-electron chi connectivity index (χ1n) is 17.6. The van der Waals surface area contributed by atoms with E-state index in [0.29, 0.717) is 0 Å². The summed E-state index contributed by atoms with van der Waals surface area (Å²) in [5.41, 5.74) is 0. The second kappa shape index (κ2) is 20.6. The number of rotatable bonds is 18. The van der Waals surface area contributed by atoms with Gasteiger partial charge in [0.15, 0.2) is 0 Å². The van der Waals surface area contributed by atoms with Gasteiger partial charge < -0.3 is 42.6 Å². The zero-order valence-corrected chi connectivity index (χ0v) is 31.9. The third kappa shape index (κ3) is 11.0. The summed E-state index contributed by atoms with van der Waals surface area (Å²) in [5.74, 6) is -4.69. The lowest BCUT2D eigenvalue weighted by Crippen LogP contribution is -2.58. The molecule has 0 spiro atoms. The van der Waals surface area contributed by atoms with Crippen molar-refractivity contribution in [2.75, 3.05) is 122 Å². The topological polar surface area (TPSA) is 205 Å². The highest BCUT2D eigenvalue weighted by molar-refractivity contribution is 5.81. The van der Waals surface area contributed by atoms with Gasteiger partial charge in [0.2, 0.25) is 0 Å². The summed E-state index contributed by atoms with van der Waals surface area (Å²) in [6, 6.07) is -1.03. The highest BCUT2D eigenvalue weighted by atomic mass is 16.6. The van der Waals surface area contributed by atoms with Crippen LogP contribution in [0.4, 0.5) is 14.4 Å². The molecule has 54 heavy (non-hydrogen) atoms. The first kappa shape index (κ1) is 42.7. The van der Waals surface area contributed by atoms with Crippen molar-refractivity contribution in [2.45, 2.75) is 37.6 Å². The summed E-state index contributed by atoms with van der Waals surface area (Å²) in [5, 5.41) is 0. The Bertz CT molecular complexity index is 1100. The van der Waals surface area contributed by atoms with E-state index in [1.165, 1.54) is 72.1 Å². The monoisotopic (exact) mass is 774 g/mol. The van der Waals surface area contributed by atoms with Crippen LogP contribution < -0.4 is 0 Å². The van der Waals surface area contributed by atoms with Crippen LogP contribution in [0, 0.1) is 17.8 Å². The molecule has 0 aromatic heterocycles. The molecule has 4 rings (SSSR count). The summed E-state index contributed by atoms with van der Waals surface area (Å²) in [6.45, 7) is 0.167. The van der Waals surface area contributed by atoms with E-state index in [1.807, 2.05) is 0 Å². The number of nitrogens with zero attached hydrogens (tertiary/aromatic N) is 6. The summed E-state index contributed by atoms with van der Waals surface area (Å²) < 4.78 is 48.8. The lowest BCUT2D eigenvalue weighted by Gasteiger charge is -2.41. The average molecular weight is 775 g/mol. The van der Waals surface area contributed by atoms with E-state index in [9.17, 15) is 28.8 Å². The molecule has 306 valence electrons. The van der Waals surface area contributed by atoms with Gasteiger partial charge in [-0.25, -0.2) is 14.4 Å². The van der Waals surface area contributed by atoms with Crippen molar-refractivity contribution in [2.24, 2.45) is 17.8 Å². The fourth-order valence-corrected chi connectivity index (χ4v) is 7.20. The number of carbonyl (C=O) groups is 6. The Morgan fingerprint density at radius 2 is 0.593 bits per heavy atom. The van der Waals surface area contributed by atoms with Crippen LogP contribution in [0.5, 0.6) is 0 Å². The first-order valence-corrected chi connectivity index (χ1v) is 17.6. The highest BCUT2D eigenvalue weighted by Gasteiger charge is 2.45. The van der Waals surface area contributed by atoms with Crippen molar-refractivity contribution in [3.8, 4) is 0 Å². The molecule has 0 N–H and O–H groups in total. The molecule has 0 bridgehead atoms. The fraction of sp³-hybridized carbons (Fsp3) is 0.818. The zero-order valence-electron chi connectivity index (χ0n) is 31.9. The molecule has 3 aliphatic heterocycles. The molecule has 4 aliphatic rings. The Kier molecular flexibility index (Phi) is 16.3. The Morgan fingerprint density at radius 3 is 0.759 bits per heavy atom. The Balaban J connectivity index is 1.52. The number of methoxy groups -OCH3 is 6. The Morgan fingerprint density at radius 1 is 0.407 bits per heavy atom. The molecule has 0 atom stereocenters. The number of urea groups is 3. The average Bonchev–Trinajstić information content (AvgIpc) is 3.14. The van der Waals surface area contributed by atoms with Gasteiger partial charge in [-0.2, -0.15) is 0 Å². The largest absolute Gasteiger partial charge is 0.458 e. The van der Waals surface area contributed by atoms with Crippen molar-refractivity contribution in [1.29, 1.82) is 0 Å². The van der Waals surface area contributed by atoms with Crippen molar-refractivity contribution >= 4 is 36.0 Å². The number of hydrogen-bond donors (Lipinski definition) is 0. The molecule has 0 radical (unpaired) electrons. The van der Waals surface area contributed by atoms with Gasteiger partial charge in [0, 0.05) is 42.7 Å². The minimum Gasteiger partial charge on any atom is -0.458 e. The van der Waals surface area contributed by atoms with Crippen molar-refractivity contribution < 1.29 is 71.4 Å². The van der Waals surface area contributed by atoms with E-state index in [2.05, 4.69) is 0 Å². The number of hydrogen-bond acceptors (Lipinski definition) is 15. The number of carbonyl (C=O) groups excluding carboxylic acids is 6. The Labute approximate surface area is 314 Å². The van der Waals surface area contributed by atoms with Crippen molar-refractivity contribution in [3.05, 3.63) is 0 Å². The standard InChI is InChI=1S/C33H54N6O15/c1-46-16-34-10-25(11-35(17-47-2)31(34)43)52-28(40)22-7-23(29(41)53-26-12-36(18-48-3)32(44)37(13-26)19-49-4)9-24(8-22)30(42)54-27-14-38(20-50-5)33(45)39(15-27)21-51-6/h22-27H,7-21H2,1-6H3. The summed E-state index contributed by atoms with van der Waals surface area (Å²) in [4.78, 5) is 88.4. The van der Waals surface area contributed by atoms with Crippen molar-refractivity contribution in [3.63, 3.8) is 0 Å². The molecule has 4 fully saturated rings. The predicted octanol–water partition coefficient (Wildman–Crippen LogP) is -0.409. The lowest BCUT2D eigenvalue weighted by molar-refractivity contribution is -0.171. The molecule has 1 aliphatic carbocycles. The smallest absolute Gasteiger partial charge is 0.323 e. The summed E-state index contributed by atoms with van der Waals surface area (Å²) >= 11 is 0. The van der Waals surface area contributed by atoms with Crippen LogP contribution in [-0.4, -0.2) is 206 Å². The van der Waals surface area contributed by atoms with Crippen LogP contribution in [0.1, 0.15) is 19.3 Å². The lowest BCUT2D eigenvalue weighted by atomic mass is 9.75. The highest BCUT2D eigenvalue weighted by Crippen LogP contribution is 2.37. The van der Waals surface area contributed by atoms with Gasteiger partial charge in [0.1, 0.15) is 58.7 Å². The minimum atomic E-state index is -0.913. The second-order valence-corrected chi connectivity index (χ2v) is 13.7. The maximum Gasteiger partial charge on any atom is 0.323 e. The van der Waals surface area contributed by atoms with Crippen LogP contribution in [0.3, 0.4) is 0 Å². The summed E-state index contributed by atoms with van der Waals surface area (Å²) in [6.07, 6.45) is -2.20. The van der Waals surface area contributed by atoms with Gasteiger partial charge in [-0.3, -0.25) is 43.8 Å². The molecular formula is C33H54N6O15. The molecule has 6 amide bonds. The third-order valence-electron chi connectivity index (χ3n) is 9.43. The summed E-state index contributed by atoms with van der Waals surface area (Å²) in [7, 11) is 8.64. The predicted molar refractivity (Wildman–Crippen MR) is 182 cm³/mol. The van der Waals surface area contributed by atoms with Gasteiger partial charge >= 0.3 is 36.0 Å². The van der Waals surface area contributed by atoms with Gasteiger partial charge in [0.25, 0.3) is 0 Å². The zero-order chi connectivity index (χ0) is 39.4. The van der Waals surface area contributed by atoms with Crippen LogP contribution in [-0.2, 0) is 57.0 Å². The van der Waals surface area contributed by atoms with Gasteiger partial charge in [-0.1, -0.05) is 0 Å². The third-order valence-corrected chi connectivity index (χ3v) is 9.43. The van der Waals surface area contributed by atoms with E-state index < -0.39 is 54.0 Å². The van der Waals surface area contributed by atoms with E-state index in [4.69, 9.17) is 42.6 Å². The van der Waals surface area contributed by atoms with E-state index in [0.717, 1.165) is 0 Å². The van der Waals surface area contributed by atoms with E-state index >= 15 is 0 Å². The molecule has 0 unspecified atom stereocenters. The van der Waals surface area contributed by atoms with Gasteiger partial charge in [-0.05, 0) is 19.3 Å². The van der Waals surface area contributed by atoms with Crippen LogP contribution >= 0.6 is 0 Å². The van der Waals surface area contributed by atoms with Crippen molar-refractivity contribution in [1.82, 2.24) is 29.4 Å².